The van der Waals surface area contributed by atoms with Gasteiger partial charge in [-0.3, -0.25) is 4.79 Å². The molecule has 0 saturated carbocycles. The van der Waals surface area contributed by atoms with Gasteiger partial charge in [-0.2, -0.15) is 0 Å². The Morgan fingerprint density at radius 1 is 1.00 bits per heavy atom. The number of fused-ring (bicyclic) bond motifs is 2. The molecule has 0 spiro atoms. The van der Waals surface area contributed by atoms with Crippen LogP contribution in [0, 0.1) is 5.92 Å². The number of thiazole rings is 1. The minimum Gasteiger partial charge on any atom is -0.352 e. The molecule has 0 unspecified atom stereocenters. The fraction of sp³-hybridized carbons (Fsp3) is 0.250. The number of amides is 1. The minimum atomic E-state index is 0.0179. The van der Waals surface area contributed by atoms with Crippen molar-refractivity contribution in [2.24, 2.45) is 5.92 Å². The van der Waals surface area contributed by atoms with Crippen LogP contribution in [0.1, 0.15) is 23.2 Å². The van der Waals surface area contributed by atoms with Crippen molar-refractivity contribution in [2.75, 3.05) is 24.5 Å². The topological polar surface area (TPSA) is 45.2 Å². The van der Waals surface area contributed by atoms with Crippen LogP contribution in [0.3, 0.4) is 0 Å². The first-order chi connectivity index (χ1) is 14.3. The van der Waals surface area contributed by atoms with E-state index in [2.05, 4.69) is 34.5 Å². The van der Waals surface area contributed by atoms with Crippen LogP contribution in [-0.2, 0) is 0 Å². The number of hydrogen-bond donors (Lipinski definition) is 1. The largest absolute Gasteiger partial charge is 0.352 e. The van der Waals surface area contributed by atoms with E-state index in [1.165, 1.54) is 4.70 Å². The molecule has 1 fully saturated rings. The fourth-order valence-electron chi connectivity index (χ4n) is 3.99. The molecule has 1 aromatic heterocycles. The average molecular weight is 402 g/mol. The molecule has 29 heavy (non-hydrogen) atoms. The van der Waals surface area contributed by atoms with Gasteiger partial charge in [0.2, 0.25) is 0 Å². The van der Waals surface area contributed by atoms with Crippen molar-refractivity contribution in [3.63, 3.8) is 0 Å². The van der Waals surface area contributed by atoms with Crippen molar-refractivity contribution in [1.82, 2.24) is 10.3 Å². The molecule has 1 N–H and O–H groups in total. The normalized spacial score (nSPS) is 15.1. The Labute approximate surface area is 174 Å². The first kappa shape index (κ1) is 18.1. The minimum absolute atomic E-state index is 0.0179. The summed E-state index contributed by atoms with van der Waals surface area (Å²) in [4.78, 5) is 19.7. The molecule has 4 nitrogen and oxygen atoms in total. The summed E-state index contributed by atoms with van der Waals surface area (Å²) in [5, 5.41) is 6.51. The van der Waals surface area contributed by atoms with E-state index in [1.54, 1.807) is 11.3 Å². The molecular weight excluding hydrogens is 378 g/mol. The molecule has 1 aliphatic heterocycles. The number of anilines is 1. The zero-order chi connectivity index (χ0) is 19.6. The van der Waals surface area contributed by atoms with Gasteiger partial charge in [-0.05, 0) is 53.8 Å². The summed E-state index contributed by atoms with van der Waals surface area (Å²) in [6, 6.07) is 22.3. The van der Waals surface area contributed by atoms with Gasteiger partial charge in [-0.15, -0.1) is 0 Å². The maximum absolute atomic E-state index is 12.6. The maximum atomic E-state index is 12.6. The molecule has 3 aromatic carbocycles. The number of benzene rings is 3. The highest BCUT2D eigenvalue weighted by Crippen LogP contribution is 2.31. The van der Waals surface area contributed by atoms with Gasteiger partial charge in [-0.25, -0.2) is 4.98 Å². The molecule has 2 heterocycles. The lowest BCUT2D eigenvalue weighted by atomic mass is 9.97. The second kappa shape index (κ2) is 7.84. The number of carbonyl (C=O) groups is 1. The van der Waals surface area contributed by atoms with Gasteiger partial charge in [-0.1, -0.05) is 53.8 Å². The molecule has 0 atom stereocenters. The number of piperidine rings is 1. The zero-order valence-corrected chi connectivity index (χ0v) is 17.0. The summed E-state index contributed by atoms with van der Waals surface area (Å²) in [7, 11) is 0. The lowest BCUT2D eigenvalue weighted by Crippen LogP contribution is -2.38. The van der Waals surface area contributed by atoms with E-state index in [-0.39, 0.29) is 5.91 Å². The van der Waals surface area contributed by atoms with Crippen LogP contribution < -0.4 is 10.2 Å². The van der Waals surface area contributed by atoms with Gasteiger partial charge < -0.3 is 10.2 Å². The third-order valence-electron chi connectivity index (χ3n) is 5.73. The molecular formula is C24H23N3OS. The number of para-hydroxylation sites is 1. The number of hydrogen-bond acceptors (Lipinski definition) is 4. The Balaban J connectivity index is 1.16. The summed E-state index contributed by atoms with van der Waals surface area (Å²) in [6.45, 7) is 2.73. The molecule has 1 aliphatic rings. The number of rotatable bonds is 4. The summed E-state index contributed by atoms with van der Waals surface area (Å²) < 4.78 is 1.24. The predicted molar refractivity (Wildman–Crippen MR) is 121 cm³/mol. The highest BCUT2D eigenvalue weighted by molar-refractivity contribution is 7.22. The highest BCUT2D eigenvalue weighted by atomic mass is 32.1. The molecule has 0 aliphatic carbocycles. The third kappa shape index (κ3) is 3.83. The molecule has 5 heteroatoms. The molecule has 5 rings (SSSR count). The van der Waals surface area contributed by atoms with Crippen LogP contribution in [0.5, 0.6) is 0 Å². The molecule has 0 radical (unpaired) electrons. The Morgan fingerprint density at radius 3 is 2.59 bits per heavy atom. The summed E-state index contributed by atoms with van der Waals surface area (Å²) in [5.74, 6) is 0.536. The second-order valence-electron chi connectivity index (χ2n) is 7.67. The van der Waals surface area contributed by atoms with Gasteiger partial charge in [0.05, 0.1) is 10.2 Å². The number of carbonyl (C=O) groups excluding carboxylic acids is 1. The van der Waals surface area contributed by atoms with E-state index in [0.717, 1.165) is 59.5 Å². The maximum Gasteiger partial charge on any atom is 0.251 e. The lowest BCUT2D eigenvalue weighted by molar-refractivity contribution is 0.0945. The van der Waals surface area contributed by atoms with Crippen LogP contribution >= 0.6 is 11.3 Å². The van der Waals surface area contributed by atoms with Crippen molar-refractivity contribution in [3.05, 3.63) is 72.3 Å². The number of nitrogens with one attached hydrogen (secondary N) is 1. The second-order valence-corrected chi connectivity index (χ2v) is 8.68. The van der Waals surface area contributed by atoms with Crippen LogP contribution in [0.25, 0.3) is 21.0 Å². The Kier molecular flexibility index (Phi) is 4.90. The van der Waals surface area contributed by atoms with Crippen molar-refractivity contribution in [1.29, 1.82) is 0 Å². The summed E-state index contributed by atoms with van der Waals surface area (Å²) in [6.07, 6.45) is 2.15. The Hall–Kier alpha value is -2.92. The van der Waals surface area contributed by atoms with Crippen molar-refractivity contribution in [2.45, 2.75) is 12.8 Å². The average Bonchev–Trinajstić information content (AvgIpc) is 3.22. The Morgan fingerprint density at radius 2 is 1.76 bits per heavy atom. The smallest absolute Gasteiger partial charge is 0.251 e. The van der Waals surface area contributed by atoms with Crippen LogP contribution in [0.2, 0.25) is 0 Å². The standard InChI is InChI=1S/C24H23N3OS/c28-23(20-10-9-18-5-1-2-6-19(18)15-20)25-16-17-11-13-27(14-12-17)24-26-21-7-3-4-8-22(21)29-24/h1-10,15,17H,11-14,16H2,(H,25,28). The van der Waals surface area contributed by atoms with E-state index < -0.39 is 0 Å². The van der Waals surface area contributed by atoms with Gasteiger partial charge in [0.1, 0.15) is 0 Å². The van der Waals surface area contributed by atoms with Crippen molar-refractivity contribution >= 4 is 43.4 Å². The lowest BCUT2D eigenvalue weighted by Gasteiger charge is -2.31. The van der Waals surface area contributed by atoms with Crippen molar-refractivity contribution in [3.8, 4) is 0 Å². The molecule has 146 valence electrons. The van der Waals surface area contributed by atoms with E-state index in [4.69, 9.17) is 4.98 Å². The molecule has 1 saturated heterocycles. The summed E-state index contributed by atoms with van der Waals surface area (Å²) >= 11 is 1.77. The molecule has 1 amide bonds. The highest BCUT2D eigenvalue weighted by Gasteiger charge is 2.22. The van der Waals surface area contributed by atoms with Crippen LogP contribution in [0.4, 0.5) is 5.13 Å². The van der Waals surface area contributed by atoms with Gasteiger partial charge in [0.25, 0.3) is 5.91 Å². The predicted octanol–water partition coefficient (Wildman–Crippen LogP) is 5.10. The van der Waals surface area contributed by atoms with Gasteiger partial charge >= 0.3 is 0 Å². The quantitative estimate of drug-likeness (QED) is 0.518. The van der Waals surface area contributed by atoms with Gasteiger partial charge in [0.15, 0.2) is 5.13 Å². The molecule has 0 bridgehead atoms. The van der Waals surface area contributed by atoms with E-state index in [1.807, 2.05) is 42.5 Å². The van der Waals surface area contributed by atoms with Crippen molar-refractivity contribution < 1.29 is 4.79 Å². The van der Waals surface area contributed by atoms with Gasteiger partial charge in [0, 0.05) is 25.2 Å². The monoisotopic (exact) mass is 401 g/mol. The first-order valence-electron chi connectivity index (χ1n) is 10.1. The number of nitrogens with zero attached hydrogens (tertiary/aromatic N) is 2. The SMILES string of the molecule is O=C(NCC1CCN(c2nc3ccccc3s2)CC1)c1ccc2ccccc2c1. The van der Waals surface area contributed by atoms with Crippen LogP contribution in [-0.4, -0.2) is 30.5 Å². The van der Waals surface area contributed by atoms with E-state index >= 15 is 0 Å². The fourth-order valence-corrected chi connectivity index (χ4v) is 5.01. The van der Waals surface area contributed by atoms with E-state index in [9.17, 15) is 4.79 Å². The number of aromatic nitrogens is 1. The zero-order valence-electron chi connectivity index (χ0n) is 16.2. The van der Waals surface area contributed by atoms with E-state index in [0.29, 0.717) is 5.92 Å². The third-order valence-corrected chi connectivity index (χ3v) is 6.83. The van der Waals surface area contributed by atoms with Crippen LogP contribution in [0.15, 0.2) is 66.7 Å². The first-order valence-corrected chi connectivity index (χ1v) is 11.0. The molecule has 4 aromatic rings. The Bertz CT molecular complexity index is 1130. The summed E-state index contributed by atoms with van der Waals surface area (Å²) in [5.41, 5.74) is 1.81.